The van der Waals surface area contributed by atoms with Crippen molar-refractivity contribution in [1.29, 1.82) is 0 Å². The molecular formula is C15H14N6O4S. The number of thioether (sulfide) groups is 1. The van der Waals surface area contributed by atoms with E-state index in [1.807, 2.05) is 4.90 Å². The van der Waals surface area contributed by atoms with E-state index < -0.39 is 22.7 Å². The Bertz CT molecular complexity index is 861. The fraction of sp³-hybridized carbons (Fsp3) is 0.333. The number of hydrogen-bond acceptors (Lipinski definition) is 8. The zero-order valence-electron chi connectivity index (χ0n) is 13.4. The molecule has 11 heteroatoms. The summed E-state index contributed by atoms with van der Waals surface area (Å²) in [5.74, 6) is -0.271. The van der Waals surface area contributed by atoms with E-state index in [-0.39, 0.29) is 10.8 Å². The molecule has 4 rings (SSSR count). The van der Waals surface area contributed by atoms with E-state index in [9.17, 15) is 19.2 Å². The van der Waals surface area contributed by atoms with Crippen LogP contribution in [0.3, 0.4) is 0 Å². The number of rotatable bonds is 2. The molecule has 3 saturated heterocycles. The van der Waals surface area contributed by atoms with Crippen molar-refractivity contribution in [2.45, 2.75) is 18.4 Å². The minimum atomic E-state index is -0.855. The smallest absolute Gasteiger partial charge is 0.322 e. The number of carbonyl (C=O) groups is 4. The van der Waals surface area contributed by atoms with Crippen LogP contribution in [0.2, 0.25) is 0 Å². The molecule has 0 saturated carbocycles. The Balaban J connectivity index is 1.49. The van der Waals surface area contributed by atoms with E-state index >= 15 is 0 Å². The first kappa shape index (κ1) is 16.5. The second kappa shape index (κ2) is 6.09. The van der Waals surface area contributed by atoms with Gasteiger partial charge in [-0.25, -0.2) is 14.8 Å². The summed E-state index contributed by atoms with van der Waals surface area (Å²) in [6.45, 7) is 1.00. The lowest BCUT2D eigenvalue weighted by Gasteiger charge is -2.36. The number of urea groups is 1. The number of imide groups is 2. The minimum Gasteiger partial charge on any atom is -0.341 e. The summed E-state index contributed by atoms with van der Waals surface area (Å²) in [6.07, 6.45) is 4.01. The molecule has 3 fully saturated rings. The molecule has 1 aromatic rings. The van der Waals surface area contributed by atoms with Crippen molar-refractivity contribution >= 4 is 46.9 Å². The zero-order valence-corrected chi connectivity index (χ0v) is 14.3. The Morgan fingerprint density at radius 2 is 1.92 bits per heavy atom. The van der Waals surface area contributed by atoms with Gasteiger partial charge in [-0.3, -0.25) is 25.0 Å². The molecule has 1 aromatic heterocycles. The van der Waals surface area contributed by atoms with Gasteiger partial charge in [-0.1, -0.05) is 0 Å². The van der Waals surface area contributed by atoms with Gasteiger partial charge in [0.1, 0.15) is 5.54 Å². The summed E-state index contributed by atoms with van der Waals surface area (Å²) in [5, 5.41) is 6.76. The monoisotopic (exact) mass is 374 g/mol. The number of hydrogen-bond donors (Lipinski definition) is 3. The first-order valence-corrected chi connectivity index (χ1v) is 8.73. The van der Waals surface area contributed by atoms with Crippen molar-refractivity contribution in [1.82, 2.24) is 25.9 Å². The molecular weight excluding hydrogens is 360 g/mol. The average Bonchev–Trinajstić information content (AvgIpc) is 3.06. The van der Waals surface area contributed by atoms with Gasteiger partial charge in [0.2, 0.25) is 5.95 Å². The van der Waals surface area contributed by atoms with Crippen LogP contribution in [-0.2, 0) is 9.59 Å². The summed E-state index contributed by atoms with van der Waals surface area (Å²) in [5.41, 5.74) is -0.346. The fourth-order valence-electron chi connectivity index (χ4n) is 3.12. The predicted molar refractivity (Wildman–Crippen MR) is 92.0 cm³/mol. The number of nitrogens with one attached hydrogen (secondary N) is 3. The quantitative estimate of drug-likeness (QED) is 0.486. The highest BCUT2D eigenvalue weighted by atomic mass is 32.2. The third-order valence-corrected chi connectivity index (χ3v) is 5.31. The Morgan fingerprint density at radius 1 is 1.15 bits per heavy atom. The Hall–Kier alpha value is -2.95. The molecule has 0 unspecified atom stereocenters. The number of piperidine rings is 1. The van der Waals surface area contributed by atoms with Gasteiger partial charge in [-0.2, -0.15) is 0 Å². The summed E-state index contributed by atoms with van der Waals surface area (Å²) >= 11 is 0.826. The molecule has 0 aliphatic carbocycles. The van der Waals surface area contributed by atoms with Gasteiger partial charge >= 0.3 is 6.03 Å². The van der Waals surface area contributed by atoms with Crippen molar-refractivity contribution in [3.8, 4) is 0 Å². The topological polar surface area (TPSA) is 133 Å². The van der Waals surface area contributed by atoms with E-state index in [0.29, 0.717) is 37.6 Å². The van der Waals surface area contributed by atoms with Crippen LogP contribution in [0, 0.1) is 0 Å². The number of anilines is 1. The van der Waals surface area contributed by atoms with Gasteiger partial charge in [0, 0.05) is 19.3 Å². The molecule has 134 valence electrons. The van der Waals surface area contributed by atoms with Crippen LogP contribution in [0.5, 0.6) is 0 Å². The van der Waals surface area contributed by atoms with Gasteiger partial charge in [-0.15, -0.1) is 0 Å². The van der Waals surface area contributed by atoms with Crippen LogP contribution in [-0.4, -0.2) is 51.7 Å². The lowest BCUT2D eigenvalue weighted by molar-refractivity contribution is -0.124. The normalized spacial score (nSPS) is 23.4. The number of carbonyl (C=O) groups excluding carboxylic acids is 4. The molecule has 26 heavy (non-hydrogen) atoms. The van der Waals surface area contributed by atoms with Crippen LogP contribution >= 0.6 is 11.8 Å². The minimum absolute atomic E-state index is 0.280. The number of nitrogens with zero attached hydrogens (tertiary/aromatic N) is 3. The molecule has 10 nitrogen and oxygen atoms in total. The van der Waals surface area contributed by atoms with Crippen LogP contribution in [0.25, 0.3) is 6.08 Å². The molecule has 0 radical (unpaired) electrons. The van der Waals surface area contributed by atoms with Crippen molar-refractivity contribution < 1.29 is 19.2 Å². The number of amides is 5. The van der Waals surface area contributed by atoms with E-state index in [1.54, 1.807) is 12.3 Å². The largest absolute Gasteiger partial charge is 0.341 e. The summed E-state index contributed by atoms with van der Waals surface area (Å²) in [7, 11) is 0. The van der Waals surface area contributed by atoms with Crippen molar-refractivity contribution in [3.05, 3.63) is 22.9 Å². The third-order valence-electron chi connectivity index (χ3n) is 4.50. The molecule has 3 aliphatic rings. The SMILES string of the molecule is O=C1NC(=O)C2(CCN(c3nccc(/C=C4/SC(=O)NC4=O)n3)CC2)N1. The highest BCUT2D eigenvalue weighted by Crippen LogP contribution is 2.28. The zero-order chi connectivity index (χ0) is 18.3. The Morgan fingerprint density at radius 3 is 2.54 bits per heavy atom. The fourth-order valence-corrected chi connectivity index (χ4v) is 3.79. The van der Waals surface area contributed by atoms with Gasteiger partial charge in [0.25, 0.3) is 17.1 Å². The van der Waals surface area contributed by atoms with E-state index in [1.165, 1.54) is 6.08 Å². The summed E-state index contributed by atoms with van der Waals surface area (Å²) in [6, 6.07) is 1.18. The molecule has 0 bridgehead atoms. The van der Waals surface area contributed by atoms with Gasteiger partial charge in [0.15, 0.2) is 0 Å². The molecule has 0 atom stereocenters. The van der Waals surface area contributed by atoms with Crippen molar-refractivity contribution in [2.24, 2.45) is 0 Å². The second-order valence-corrected chi connectivity index (χ2v) is 7.13. The third kappa shape index (κ3) is 2.90. The Labute approximate surface area is 151 Å². The van der Waals surface area contributed by atoms with Crippen molar-refractivity contribution in [3.63, 3.8) is 0 Å². The standard InChI is InChI=1S/C15H14N6O4S/c22-10-9(26-14(25)18-10)7-8-1-4-16-12(17-8)21-5-2-15(3-6-21)11(23)19-13(24)20-15/h1,4,7H,2-3,5-6H2,(H,18,22,25)(H2,19,20,23,24)/b9-7+. The van der Waals surface area contributed by atoms with E-state index in [4.69, 9.17) is 0 Å². The highest BCUT2D eigenvalue weighted by Gasteiger charge is 2.48. The van der Waals surface area contributed by atoms with Crippen molar-refractivity contribution in [2.75, 3.05) is 18.0 Å². The van der Waals surface area contributed by atoms with Crippen LogP contribution in [0.4, 0.5) is 15.5 Å². The summed E-state index contributed by atoms with van der Waals surface area (Å²) < 4.78 is 0. The van der Waals surface area contributed by atoms with Gasteiger partial charge in [-0.05, 0) is 36.7 Å². The lowest BCUT2D eigenvalue weighted by Crippen LogP contribution is -2.55. The maximum absolute atomic E-state index is 12.0. The lowest BCUT2D eigenvalue weighted by atomic mass is 9.88. The summed E-state index contributed by atoms with van der Waals surface area (Å²) in [4.78, 5) is 57.1. The molecule has 3 aliphatic heterocycles. The molecule has 1 spiro atoms. The van der Waals surface area contributed by atoms with E-state index in [0.717, 1.165) is 11.8 Å². The van der Waals surface area contributed by atoms with E-state index in [2.05, 4.69) is 25.9 Å². The molecule has 5 amide bonds. The first-order chi connectivity index (χ1) is 12.4. The molecule has 0 aromatic carbocycles. The van der Waals surface area contributed by atoms with Crippen LogP contribution in [0.1, 0.15) is 18.5 Å². The number of aromatic nitrogens is 2. The maximum atomic E-state index is 12.0. The van der Waals surface area contributed by atoms with Crippen LogP contribution < -0.4 is 20.9 Å². The first-order valence-electron chi connectivity index (χ1n) is 7.92. The van der Waals surface area contributed by atoms with Gasteiger partial charge < -0.3 is 10.2 Å². The maximum Gasteiger partial charge on any atom is 0.322 e. The average molecular weight is 374 g/mol. The van der Waals surface area contributed by atoms with Crippen LogP contribution in [0.15, 0.2) is 17.2 Å². The molecule has 4 heterocycles. The predicted octanol–water partition coefficient (Wildman–Crippen LogP) is -0.0211. The van der Waals surface area contributed by atoms with Gasteiger partial charge in [0.05, 0.1) is 10.6 Å². The highest BCUT2D eigenvalue weighted by molar-refractivity contribution is 8.18. The molecule has 3 N–H and O–H groups in total. The second-order valence-electron chi connectivity index (χ2n) is 6.11. The Kier molecular flexibility index (Phi) is 3.87.